The molecule has 1 amide bonds. The van der Waals surface area contributed by atoms with Crippen LogP contribution in [0.15, 0.2) is 0 Å². The summed E-state index contributed by atoms with van der Waals surface area (Å²) in [5.74, 6) is 1.49. The van der Waals surface area contributed by atoms with E-state index in [2.05, 4.69) is 10.2 Å². The fraction of sp³-hybridized carbons (Fsp3) is 0.944. The summed E-state index contributed by atoms with van der Waals surface area (Å²) >= 11 is 0. The number of nitrogens with one attached hydrogen (secondary N) is 1. The molecule has 23 heavy (non-hydrogen) atoms. The van der Waals surface area contributed by atoms with Crippen molar-refractivity contribution in [1.29, 1.82) is 0 Å². The van der Waals surface area contributed by atoms with Gasteiger partial charge in [-0.3, -0.25) is 0 Å². The number of likely N-dealkylation sites (tertiary alicyclic amines) is 1. The molecule has 0 spiro atoms. The van der Waals surface area contributed by atoms with Gasteiger partial charge in [-0.1, -0.05) is 0 Å². The lowest BCUT2D eigenvalue weighted by Crippen LogP contribution is -2.44. The summed E-state index contributed by atoms with van der Waals surface area (Å²) in [7, 11) is 0. The van der Waals surface area contributed by atoms with Crippen LogP contribution >= 0.6 is 0 Å². The van der Waals surface area contributed by atoms with Gasteiger partial charge < -0.3 is 19.9 Å². The lowest BCUT2D eigenvalue weighted by atomic mass is 9.94. The molecule has 0 aromatic carbocycles. The predicted molar refractivity (Wildman–Crippen MR) is 91.5 cm³/mol. The first-order chi connectivity index (χ1) is 10.9. The van der Waals surface area contributed by atoms with Gasteiger partial charge in [0, 0.05) is 25.7 Å². The fourth-order valence-electron chi connectivity index (χ4n) is 4.25. The van der Waals surface area contributed by atoms with Crippen LogP contribution in [-0.4, -0.2) is 66.8 Å². The fourth-order valence-corrected chi connectivity index (χ4v) is 4.25. The van der Waals surface area contributed by atoms with E-state index >= 15 is 0 Å². The van der Waals surface area contributed by atoms with E-state index in [4.69, 9.17) is 4.74 Å². The average molecular weight is 323 g/mol. The maximum Gasteiger partial charge on any atom is 0.410 e. The monoisotopic (exact) mass is 323 g/mol. The van der Waals surface area contributed by atoms with Crippen LogP contribution < -0.4 is 5.32 Å². The van der Waals surface area contributed by atoms with Crippen LogP contribution in [0.1, 0.15) is 46.5 Å². The molecule has 0 saturated carbocycles. The molecule has 5 heteroatoms. The molecule has 3 aliphatic heterocycles. The van der Waals surface area contributed by atoms with E-state index in [1.54, 1.807) is 0 Å². The molecule has 3 rings (SSSR count). The maximum atomic E-state index is 12.1. The summed E-state index contributed by atoms with van der Waals surface area (Å²) in [6, 6.07) is 0.720. The van der Waals surface area contributed by atoms with Crippen molar-refractivity contribution in [2.24, 2.45) is 11.8 Å². The number of fused-ring (bicyclic) bond motifs is 2. The van der Waals surface area contributed by atoms with Gasteiger partial charge in [-0.25, -0.2) is 4.79 Å². The van der Waals surface area contributed by atoms with Crippen LogP contribution in [0.3, 0.4) is 0 Å². The summed E-state index contributed by atoms with van der Waals surface area (Å²) in [6.07, 6.45) is 4.81. The largest absolute Gasteiger partial charge is 0.444 e. The normalized spacial score (nSPS) is 34.0. The number of amides is 1. The van der Waals surface area contributed by atoms with Crippen LogP contribution in [-0.2, 0) is 4.74 Å². The minimum Gasteiger partial charge on any atom is -0.444 e. The zero-order valence-corrected chi connectivity index (χ0v) is 15.0. The van der Waals surface area contributed by atoms with Crippen LogP contribution in [0.4, 0.5) is 4.79 Å². The van der Waals surface area contributed by atoms with E-state index in [0.29, 0.717) is 5.92 Å². The van der Waals surface area contributed by atoms with Crippen molar-refractivity contribution < 1.29 is 9.53 Å². The van der Waals surface area contributed by atoms with Gasteiger partial charge in [0.25, 0.3) is 0 Å². The second-order valence-corrected chi connectivity index (χ2v) is 8.57. The lowest BCUT2D eigenvalue weighted by molar-refractivity contribution is 0.0287. The van der Waals surface area contributed by atoms with Crippen molar-refractivity contribution in [3.63, 3.8) is 0 Å². The molecule has 0 aromatic heterocycles. The van der Waals surface area contributed by atoms with E-state index in [1.807, 2.05) is 25.7 Å². The molecule has 3 aliphatic rings. The summed E-state index contributed by atoms with van der Waals surface area (Å²) < 4.78 is 5.47. The van der Waals surface area contributed by atoms with Gasteiger partial charge in [0.05, 0.1) is 0 Å². The zero-order chi connectivity index (χ0) is 16.4. The quantitative estimate of drug-likeness (QED) is 0.862. The van der Waals surface area contributed by atoms with Crippen molar-refractivity contribution >= 4 is 6.09 Å². The molecule has 2 bridgehead atoms. The highest BCUT2D eigenvalue weighted by molar-refractivity contribution is 5.68. The van der Waals surface area contributed by atoms with Gasteiger partial charge in [0.1, 0.15) is 5.60 Å². The van der Waals surface area contributed by atoms with Crippen LogP contribution in [0.25, 0.3) is 0 Å². The number of ether oxygens (including phenoxy) is 1. The van der Waals surface area contributed by atoms with Gasteiger partial charge in [0.2, 0.25) is 0 Å². The van der Waals surface area contributed by atoms with E-state index in [1.165, 1.54) is 38.9 Å². The maximum absolute atomic E-state index is 12.1. The zero-order valence-electron chi connectivity index (χ0n) is 15.0. The molecule has 3 fully saturated rings. The van der Waals surface area contributed by atoms with Gasteiger partial charge in [-0.2, -0.15) is 0 Å². The molecule has 4 unspecified atom stereocenters. The Kier molecular flexibility index (Phi) is 5.16. The van der Waals surface area contributed by atoms with Gasteiger partial charge in [-0.15, -0.1) is 0 Å². The highest BCUT2D eigenvalue weighted by atomic mass is 16.6. The number of rotatable bonds is 4. The number of hydrogen-bond donors (Lipinski definition) is 1. The first-order valence-corrected chi connectivity index (χ1v) is 9.34. The molecule has 3 heterocycles. The minimum absolute atomic E-state index is 0.147. The Morgan fingerprint density at radius 3 is 2.70 bits per heavy atom. The van der Waals surface area contributed by atoms with Crippen molar-refractivity contribution in [2.45, 2.75) is 58.1 Å². The molecule has 5 nitrogen and oxygen atoms in total. The van der Waals surface area contributed by atoms with Crippen LogP contribution in [0, 0.1) is 11.8 Å². The third-order valence-electron chi connectivity index (χ3n) is 5.53. The standard InChI is InChI=1S/C18H33N3O2/c1-18(2,3)23-17(22)21-11-5-14(12-21)4-8-19-16-7-10-20-9-6-15(16)13-20/h14-16,19H,4-13H2,1-3H3. The second-order valence-electron chi connectivity index (χ2n) is 8.57. The third-order valence-corrected chi connectivity index (χ3v) is 5.53. The summed E-state index contributed by atoms with van der Waals surface area (Å²) in [5, 5.41) is 3.80. The molecule has 0 radical (unpaired) electrons. The van der Waals surface area contributed by atoms with Crippen molar-refractivity contribution in [3.8, 4) is 0 Å². The number of nitrogens with zero attached hydrogens (tertiary/aromatic N) is 2. The van der Waals surface area contributed by atoms with Gasteiger partial charge in [-0.05, 0) is 77.9 Å². The molecule has 0 aliphatic carbocycles. The Hall–Kier alpha value is -0.810. The Morgan fingerprint density at radius 1 is 1.13 bits per heavy atom. The lowest BCUT2D eigenvalue weighted by Gasteiger charge is -2.31. The molecule has 3 saturated heterocycles. The molecular formula is C18H33N3O2. The van der Waals surface area contributed by atoms with Gasteiger partial charge >= 0.3 is 6.09 Å². The van der Waals surface area contributed by atoms with Gasteiger partial charge in [0.15, 0.2) is 0 Å². The molecule has 4 atom stereocenters. The predicted octanol–water partition coefficient (Wildman–Crippen LogP) is 2.32. The molecule has 0 aromatic rings. The van der Waals surface area contributed by atoms with E-state index in [-0.39, 0.29) is 6.09 Å². The Labute approximate surface area is 140 Å². The van der Waals surface area contributed by atoms with Crippen LogP contribution in [0.5, 0.6) is 0 Å². The molecule has 1 N–H and O–H groups in total. The minimum atomic E-state index is -0.396. The number of carbonyl (C=O) groups is 1. The van der Waals surface area contributed by atoms with Crippen LogP contribution in [0.2, 0.25) is 0 Å². The van der Waals surface area contributed by atoms with E-state index < -0.39 is 5.60 Å². The average Bonchev–Trinajstić information content (AvgIpc) is 3.07. The molecule has 132 valence electrons. The summed E-state index contributed by atoms with van der Waals surface area (Å²) in [5.41, 5.74) is -0.396. The second kappa shape index (κ2) is 6.98. The smallest absolute Gasteiger partial charge is 0.410 e. The first-order valence-electron chi connectivity index (χ1n) is 9.34. The molecular weight excluding hydrogens is 290 g/mol. The number of piperidine rings is 1. The third kappa shape index (κ3) is 4.60. The highest BCUT2D eigenvalue weighted by Gasteiger charge is 2.34. The highest BCUT2D eigenvalue weighted by Crippen LogP contribution is 2.27. The number of hydrogen-bond acceptors (Lipinski definition) is 4. The van der Waals surface area contributed by atoms with E-state index in [9.17, 15) is 4.79 Å². The number of carbonyl (C=O) groups excluding carboxylic acids is 1. The summed E-state index contributed by atoms with van der Waals surface area (Å²) in [6.45, 7) is 12.4. The SMILES string of the molecule is CC(C)(C)OC(=O)N1CCC(CCNC2CCN3CCC2C3)C1. The Morgan fingerprint density at radius 2 is 1.91 bits per heavy atom. The first kappa shape index (κ1) is 17.0. The Balaban J connectivity index is 1.35. The van der Waals surface area contributed by atoms with Crippen molar-refractivity contribution in [2.75, 3.05) is 39.3 Å². The topological polar surface area (TPSA) is 44.8 Å². The Bertz CT molecular complexity index is 421. The van der Waals surface area contributed by atoms with Crippen molar-refractivity contribution in [3.05, 3.63) is 0 Å². The summed E-state index contributed by atoms with van der Waals surface area (Å²) in [4.78, 5) is 16.6. The van der Waals surface area contributed by atoms with E-state index in [0.717, 1.165) is 38.0 Å². The van der Waals surface area contributed by atoms with Crippen molar-refractivity contribution in [1.82, 2.24) is 15.1 Å².